The first-order valence-electron chi connectivity index (χ1n) is 10.3. The van der Waals surface area contributed by atoms with Crippen molar-refractivity contribution in [1.82, 2.24) is 0 Å². The summed E-state index contributed by atoms with van der Waals surface area (Å²) in [6, 6.07) is 4.81. The molecule has 0 N–H and O–H groups in total. The molecule has 154 valence electrons. The fourth-order valence-corrected chi connectivity index (χ4v) is 9.57. The van der Waals surface area contributed by atoms with Crippen molar-refractivity contribution in [2.45, 2.75) is 55.4 Å². The maximum atomic E-state index is 2.40. The minimum Gasteiger partial charge on any atom is -0.516 e. The predicted molar refractivity (Wildman–Crippen MR) is 142 cm³/mol. The maximum Gasteiger partial charge on any atom is 1.00 e. The van der Waals surface area contributed by atoms with Crippen LogP contribution in [0, 0.1) is 55.4 Å². The summed E-state index contributed by atoms with van der Waals surface area (Å²) >= 11 is 0. The van der Waals surface area contributed by atoms with Crippen LogP contribution in [-0.4, -0.2) is 0 Å². The zero-order valence-electron chi connectivity index (χ0n) is 21.1. The normalized spacial score (nSPS) is 11.6. The molecule has 4 aromatic rings. The summed E-state index contributed by atoms with van der Waals surface area (Å²) < 4.78 is 0. The first-order valence-corrected chi connectivity index (χ1v) is 14.1. The van der Waals surface area contributed by atoms with E-state index in [4.69, 9.17) is 0 Å². The first kappa shape index (κ1) is 29.1. The van der Waals surface area contributed by atoms with E-state index in [-0.39, 0.29) is 59.1 Å². The molecule has 0 aromatic carbocycles. The number of aryl methyl sites for hydroxylation is 4. The molecular weight excluding hydrogens is 482 g/mol. The van der Waals surface area contributed by atoms with Gasteiger partial charge in [-0.15, -0.1) is 0 Å². The van der Waals surface area contributed by atoms with Crippen molar-refractivity contribution < 1.29 is 59.1 Å². The van der Waals surface area contributed by atoms with E-state index in [1.54, 1.807) is 0 Å². The molecule has 32 heavy (non-hydrogen) atoms. The summed E-state index contributed by atoms with van der Waals surface area (Å²) in [5.74, 6) is 4.72. The van der Waals surface area contributed by atoms with E-state index in [0.717, 1.165) is 0 Å². The maximum absolute atomic E-state index is 2.40. The van der Waals surface area contributed by atoms with Crippen LogP contribution in [-0.2, 0) is 0 Å². The molecule has 0 spiro atoms. The van der Waals surface area contributed by atoms with Gasteiger partial charge in [0.05, 0.1) is 0 Å². The first-order chi connectivity index (χ1) is 14.2. The van der Waals surface area contributed by atoms with Crippen LogP contribution in [0.25, 0.3) is 31.8 Å². The summed E-state index contributed by atoms with van der Waals surface area (Å²) in [7, 11) is 5.45. The second-order valence-electron chi connectivity index (χ2n) is 8.43. The predicted octanol–water partition coefficient (Wildman–Crippen LogP) is 4.92. The van der Waals surface area contributed by atoms with Gasteiger partial charge in [-0.05, 0) is 112 Å². The summed E-state index contributed by atoms with van der Waals surface area (Å²) in [4.78, 5) is 0. The molecule has 0 nitrogen and oxygen atoms in total. The molecule has 0 radical (unpaired) electrons. The Hall–Kier alpha value is 0.860. The van der Waals surface area contributed by atoms with Crippen molar-refractivity contribution in [3.05, 3.63) is 68.2 Å². The Balaban J connectivity index is 0.00000181. The minimum absolute atomic E-state index is 0. The molecule has 4 rings (SSSR count). The molecule has 0 saturated heterocycles. The van der Waals surface area contributed by atoms with Gasteiger partial charge in [-0.3, -0.25) is 0 Å². The van der Waals surface area contributed by atoms with E-state index in [1.807, 2.05) is 0 Å². The van der Waals surface area contributed by atoms with Gasteiger partial charge in [0.1, 0.15) is 0 Å². The molecule has 0 aliphatic heterocycles. The number of hydrogen-bond acceptors (Lipinski definition) is 0. The van der Waals surface area contributed by atoms with Crippen LogP contribution >= 0.6 is 32.8 Å². The van der Waals surface area contributed by atoms with Crippen LogP contribution in [0.1, 0.15) is 44.5 Å². The Morgan fingerprint density at radius 1 is 0.469 bits per heavy atom. The van der Waals surface area contributed by atoms with Gasteiger partial charge < -0.3 is 16.4 Å². The van der Waals surface area contributed by atoms with Gasteiger partial charge in [0.2, 0.25) is 0 Å². The molecule has 0 atom stereocenters. The van der Waals surface area contributed by atoms with Gasteiger partial charge in [-0.25, -0.2) is 10.6 Å². The van der Waals surface area contributed by atoms with Crippen molar-refractivity contribution >= 4 is 32.8 Å². The van der Waals surface area contributed by atoms with E-state index in [9.17, 15) is 0 Å². The van der Waals surface area contributed by atoms with Crippen LogP contribution in [0.2, 0.25) is 0 Å². The summed E-state index contributed by atoms with van der Waals surface area (Å²) in [5, 5.41) is 9.07. The van der Waals surface area contributed by atoms with Crippen molar-refractivity contribution in [2.24, 2.45) is 0 Å². The fourth-order valence-electron chi connectivity index (χ4n) is 3.74. The summed E-state index contributed by atoms with van der Waals surface area (Å²) in [6.07, 6.45) is 0. The van der Waals surface area contributed by atoms with Gasteiger partial charge in [-0.1, -0.05) is 38.6 Å². The van der Waals surface area contributed by atoms with Crippen molar-refractivity contribution in [1.29, 1.82) is 0 Å². The molecule has 0 bridgehead atoms. The third kappa shape index (κ3) is 5.48. The number of rotatable bonds is 3. The van der Waals surface area contributed by atoms with Gasteiger partial charge >= 0.3 is 59.1 Å². The SMILES string of the molecule is Cc1cpc(-c2[p-]c(-c3[p-]c(-c4cc(C)c(C)cp4)c(C)c3C)c(C)c2C)cc1C.[Na+].[Na+]. The average molecular weight is 510 g/mol. The van der Waals surface area contributed by atoms with Gasteiger partial charge in [-0.2, -0.15) is 10.6 Å². The smallest absolute Gasteiger partial charge is 0.516 e. The molecule has 0 aliphatic rings. The quantitative estimate of drug-likeness (QED) is 0.344. The third-order valence-electron chi connectivity index (χ3n) is 6.45. The Morgan fingerprint density at radius 2 is 0.781 bits per heavy atom. The zero-order valence-corrected chi connectivity index (χ0v) is 28.7. The molecule has 0 fully saturated rings. The van der Waals surface area contributed by atoms with Crippen molar-refractivity contribution in [3.63, 3.8) is 0 Å². The molecule has 0 amide bonds. The average Bonchev–Trinajstić information content (AvgIpc) is 3.17. The molecule has 0 saturated carbocycles. The van der Waals surface area contributed by atoms with E-state index < -0.39 is 0 Å². The van der Waals surface area contributed by atoms with Crippen LogP contribution in [0.4, 0.5) is 0 Å². The van der Waals surface area contributed by atoms with Crippen LogP contribution in [0.5, 0.6) is 0 Å². The van der Waals surface area contributed by atoms with E-state index in [1.165, 1.54) is 109 Å². The summed E-state index contributed by atoms with van der Waals surface area (Å²) in [6.45, 7) is 18.2. The van der Waals surface area contributed by atoms with E-state index >= 15 is 0 Å². The van der Waals surface area contributed by atoms with E-state index in [2.05, 4.69) is 79.1 Å². The standard InChI is InChI=1S/C26H28P4.2Na/c1-13-9-21(27-11-15(13)3)23-17(5)19(7)25(29-23)26-20(8)18(6)24(30-26)22-10-14(2)16(4)12-28-22;;/h9-12H,1-8H3;;/q-2;2*+1. The van der Waals surface area contributed by atoms with Gasteiger partial charge in [0.25, 0.3) is 0 Å². The minimum atomic E-state index is 0. The summed E-state index contributed by atoms with van der Waals surface area (Å²) in [5.41, 5.74) is 11.5. The molecule has 4 aromatic heterocycles. The number of hydrogen-bond donors (Lipinski definition) is 0. The molecular formula is C26H28Na2P4. The Kier molecular flexibility index (Phi) is 10.7. The zero-order chi connectivity index (χ0) is 21.7. The molecule has 4 heterocycles. The van der Waals surface area contributed by atoms with Crippen molar-refractivity contribution in [3.8, 4) is 31.8 Å². The van der Waals surface area contributed by atoms with Crippen LogP contribution in [0.15, 0.2) is 23.7 Å². The molecule has 6 heteroatoms. The van der Waals surface area contributed by atoms with Gasteiger partial charge in [0, 0.05) is 0 Å². The monoisotopic (exact) mass is 510 g/mol. The topological polar surface area (TPSA) is 0 Å². The molecule has 0 aliphatic carbocycles. The Bertz CT molecular complexity index is 1180. The molecule has 0 unspecified atom stereocenters. The van der Waals surface area contributed by atoms with E-state index in [0.29, 0.717) is 0 Å². The third-order valence-corrected chi connectivity index (χ3v) is 12.4. The largest absolute Gasteiger partial charge is 1.00 e. The Morgan fingerprint density at radius 3 is 1.09 bits per heavy atom. The van der Waals surface area contributed by atoms with Gasteiger partial charge in [0.15, 0.2) is 0 Å². The van der Waals surface area contributed by atoms with Crippen molar-refractivity contribution in [2.75, 3.05) is 0 Å². The second kappa shape index (κ2) is 11.7. The fraction of sp³-hybridized carbons (Fsp3) is 0.308. The Labute approximate surface area is 244 Å². The second-order valence-corrected chi connectivity index (χ2v) is 12.7. The van der Waals surface area contributed by atoms with Crippen LogP contribution < -0.4 is 59.1 Å². The van der Waals surface area contributed by atoms with Crippen LogP contribution in [0.3, 0.4) is 0 Å².